The molecule has 1 aromatic carbocycles. The molecule has 116 valence electrons. The molecule has 1 fully saturated rings. The van der Waals surface area contributed by atoms with Crippen molar-refractivity contribution in [2.45, 2.75) is 31.1 Å². The van der Waals surface area contributed by atoms with E-state index in [-0.39, 0.29) is 11.5 Å². The van der Waals surface area contributed by atoms with Crippen LogP contribution in [0.25, 0.3) is 0 Å². The van der Waals surface area contributed by atoms with Gasteiger partial charge in [-0.3, -0.25) is 4.79 Å². The Kier molecular flexibility index (Phi) is 4.88. The lowest BCUT2D eigenvalue weighted by atomic mass is 9.85. The van der Waals surface area contributed by atoms with Gasteiger partial charge in [0.1, 0.15) is 5.82 Å². The molecule has 0 bridgehead atoms. The normalized spacial score (nSPS) is 15.6. The Morgan fingerprint density at radius 3 is 2.52 bits per heavy atom. The highest BCUT2D eigenvalue weighted by molar-refractivity contribution is 8.13. The summed E-state index contributed by atoms with van der Waals surface area (Å²) in [4.78, 5) is 13.6. The van der Waals surface area contributed by atoms with Crippen LogP contribution in [0.1, 0.15) is 36.5 Å². The average molecular weight is 334 g/mol. The first-order valence-electron chi connectivity index (χ1n) is 6.85. The van der Waals surface area contributed by atoms with Gasteiger partial charge in [-0.05, 0) is 43.9 Å². The molecule has 1 aromatic rings. The third-order valence-electron chi connectivity index (χ3n) is 3.77. The Balaban J connectivity index is 2.26. The van der Waals surface area contributed by atoms with Crippen LogP contribution in [0.4, 0.5) is 4.39 Å². The molecular formula is C14H17ClFNO3S. The lowest BCUT2D eigenvalue weighted by Crippen LogP contribution is -2.37. The van der Waals surface area contributed by atoms with Gasteiger partial charge >= 0.3 is 0 Å². The first kappa shape index (κ1) is 16.2. The van der Waals surface area contributed by atoms with Crippen molar-refractivity contribution >= 4 is 25.6 Å². The summed E-state index contributed by atoms with van der Waals surface area (Å²) in [6.45, 7) is 2.96. The molecule has 0 heterocycles. The average Bonchev–Trinajstić information content (AvgIpc) is 2.35. The van der Waals surface area contributed by atoms with Gasteiger partial charge in [0.25, 0.3) is 15.0 Å². The number of rotatable bonds is 5. The molecule has 2 rings (SSSR count). The van der Waals surface area contributed by atoms with Crippen molar-refractivity contribution in [2.24, 2.45) is 5.92 Å². The van der Waals surface area contributed by atoms with Crippen LogP contribution in [-0.4, -0.2) is 32.3 Å². The molecule has 0 atom stereocenters. The van der Waals surface area contributed by atoms with E-state index in [0.29, 0.717) is 19.0 Å². The topological polar surface area (TPSA) is 54.5 Å². The molecule has 0 unspecified atom stereocenters. The van der Waals surface area contributed by atoms with Crippen molar-refractivity contribution in [1.29, 1.82) is 0 Å². The second-order valence-corrected chi connectivity index (χ2v) is 7.82. The number of hydrogen-bond acceptors (Lipinski definition) is 3. The van der Waals surface area contributed by atoms with E-state index in [0.717, 1.165) is 31.0 Å². The zero-order valence-corrected chi connectivity index (χ0v) is 13.3. The Labute approximate surface area is 128 Å². The Morgan fingerprint density at radius 1 is 1.38 bits per heavy atom. The molecule has 1 aliphatic rings. The number of benzene rings is 1. The van der Waals surface area contributed by atoms with E-state index in [1.54, 1.807) is 4.90 Å². The van der Waals surface area contributed by atoms with Gasteiger partial charge in [0, 0.05) is 29.3 Å². The zero-order chi connectivity index (χ0) is 15.6. The molecule has 7 heteroatoms. The highest BCUT2D eigenvalue weighted by atomic mass is 35.7. The molecule has 1 aliphatic carbocycles. The van der Waals surface area contributed by atoms with Crippen LogP contribution in [0.15, 0.2) is 23.1 Å². The van der Waals surface area contributed by atoms with E-state index in [1.165, 1.54) is 6.42 Å². The number of amides is 1. The lowest BCUT2D eigenvalue weighted by Gasteiger charge is -2.31. The van der Waals surface area contributed by atoms with Crippen molar-refractivity contribution in [3.63, 3.8) is 0 Å². The highest BCUT2D eigenvalue weighted by Crippen LogP contribution is 2.28. The maximum atomic E-state index is 13.5. The fourth-order valence-corrected chi connectivity index (χ4v) is 3.14. The lowest BCUT2D eigenvalue weighted by molar-refractivity contribution is 0.0705. The summed E-state index contributed by atoms with van der Waals surface area (Å²) in [7, 11) is 1.15. The van der Waals surface area contributed by atoms with Gasteiger partial charge in [0.05, 0.1) is 4.90 Å². The van der Waals surface area contributed by atoms with Crippen LogP contribution < -0.4 is 0 Å². The van der Waals surface area contributed by atoms with Crippen LogP contribution in [0.5, 0.6) is 0 Å². The molecular weight excluding hydrogens is 317 g/mol. The van der Waals surface area contributed by atoms with Crippen molar-refractivity contribution in [3.05, 3.63) is 29.6 Å². The standard InChI is InChI=1S/C14H17ClFNO3S/c1-2-17(9-10-4-3-5-10)14(18)11-6-12(16)8-13(7-11)21(15,19)20/h6-8,10H,2-5,9H2,1H3. The molecule has 4 nitrogen and oxygen atoms in total. The van der Waals surface area contributed by atoms with Crippen LogP contribution in [-0.2, 0) is 9.05 Å². The van der Waals surface area contributed by atoms with Gasteiger partial charge in [-0.1, -0.05) is 6.42 Å². The third-order valence-corrected chi connectivity index (χ3v) is 5.11. The molecule has 0 N–H and O–H groups in total. The quantitative estimate of drug-likeness (QED) is 0.778. The summed E-state index contributed by atoms with van der Waals surface area (Å²) in [5.41, 5.74) is 0.00963. The fourth-order valence-electron chi connectivity index (χ4n) is 2.35. The first-order valence-corrected chi connectivity index (χ1v) is 9.16. The van der Waals surface area contributed by atoms with Gasteiger partial charge in [0.15, 0.2) is 0 Å². The maximum absolute atomic E-state index is 13.5. The maximum Gasteiger partial charge on any atom is 0.261 e. The van der Waals surface area contributed by atoms with Crippen LogP contribution >= 0.6 is 10.7 Å². The van der Waals surface area contributed by atoms with Crippen molar-refractivity contribution in [2.75, 3.05) is 13.1 Å². The summed E-state index contributed by atoms with van der Waals surface area (Å²) < 4.78 is 36.1. The van der Waals surface area contributed by atoms with Crippen molar-refractivity contribution in [1.82, 2.24) is 4.90 Å². The third kappa shape index (κ3) is 3.95. The number of halogens is 2. The van der Waals surface area contributed by atoms with E-state index in [9.17, 15) is 17.6 Å². The number of carbonyl (C=O) groups is 1. The van der Waals surface area contributed by atoms with Crippen molar-refractivity contribution < 1.29 is 17.6 Å². The summed E-state index contributed by atoms with van der Waals surface area (Å²) in [6.07, 6.45) is 3.35. The zero-order valence-electron chi connectivity index (χ0n) is 11.7. The predicted octanol–water partition coefficient (Wildman–Crippen LogP) is 3.02. The molecule has 1 amide bonds. The molecule has 0 radical (unpaired) electrons. The molecule has 21 heavy (non-hydrogen) atoms. The Morgan fingerprint density at radius 2 is 2.05 bits per heavy atom. The second-order valence-electron chi connectivity index (χ2n) is 5.25. The van der Waals surface area contributed by atoms with Gasteiger partial charge < -0.3 is 4.90 Å². The minimum atomic E-state index is -4.07. The largest absolute Gasteiger partial charge is 0.339 e. The number of hydrogen-bond donors (Lipinski definition) is 0. The minimum Gasteiger partial charge on any atom is -0.339 e. The Bertz CT molecular complexity index is 644. The van der Waals surface area contributed by atoms with E-state index in [1.807, 2.05) is 6.92 Å². The van der Waals surface area contributed by atoms with E-state index in [4.69, 9.17) is 10.7 Å². The number of nitrogens with zero attached hydrogens (tertiary/aromatic N) is 1. The second kappa shape index (κ2) is 6.32. The number of carbonyl (C=O) groups excluding carboxylic acids is 1. The van der Waals surface area contributed by atoms with Crippen LogP contribution in [0, 0.1) is 11.7 Å². The summed E-state index contributed by atoms with van der Waals surface area (Å²) in [5, 5.41) is 0. The van der Waals surface area contributed by atoms with Gasteiger partial charge in [-0.15, -0.1) is 0 Å². The van der Waals surface area contributed by atoms with Gasteiger partial charge in [0.2, 0.25) is 0 Å². The first-order chi connectivity index (χ1) is 9.81. The summed E-state index contributed by atoms with van der Waals surface area (Å²) in [5.74, 6) is -0.677. The molecule has 0 aromatic heterocycles. The van der Waals surface area contributed by atoms with Gasteiger partial charge in [-0.25, -0.2) is 12.8 Å². The highest BCUT2D eigenvalue weighted by Gasteiger charge is 2.24. The van der Waals surface area contributed by atoms with E-state index in [2.05, 4.69) is 0 Å². The minimum absolute atomic E-state index is 0.00963. The Hall–Kier alpha value is -1.14. The summed E-state index contributed by atoms with van der Waals surface area (Å²) in [6, 6.07) is 2.97. The van der Waals surface area contributed by atoms with E-state index < -0.39 is 19.8 Å². The van der Waals surface area contributed by atoms with Crippen LogP contribution in [0.3, 0.4) is 0 Å². The van der Waals surface area contributed by atoms with Crippen LogP contribution in [0.2, 0.25) is 0 Å². The predicted molar refractivity (Wildman–Crippen MR) is 78.4 cm³/mol. The van der Waals surface area contributed by atoms with E-state index >= 15 is 0 Å². The smallest absolute Gasteiger partial charge is 0.261 e. The monoisotopic (exact) mass is 333 g/mol. The molecule has 1 saturated carbocycles. The van der Waals surface area contributed by atoms with Gasteiger partial charge in [-0.2, -0.15) is 0 Å². The molecule has 0 spiro atoms. The fraction of sp³-hybridized carbons (Fsp3) is 0.500. The summed E-state index contributed by atoms with van der Waals surface area (Å²) >= 11 is 0. The molecule has 0 aliphatic heterocycles. The van der Waals surface area contributed by atoms with Crippen molar-refractivity contribution in [3.8, 4) is 0 Å². The molecule has 0 saturated heterocycles. The SMILES string of the molecule is CCN(CC1CCC1)C(=O)c1cc(F)cc(S(=O)(=O)Cl)c1.